The van der Waals surface area contributed by atoms with E-state index in [1.165, 1.54) is 21.9 Å². The zero-order chi connectivity index (χ0) is 12.0. The molecule has 1 heterocycles. The number of hydrogen-bond acceptors (Lipinski definition) is 1. The van der Waals surface area contributed by atoms with Gasteiger partial charge in [0.15, 0.2) is 0 Å². The van der Waals surface area contributed by atoms with Gasteiger partial charge in [-0.25, -0.2) is 0 Å². The Kier molecular flexibility index (Phi) is 2.08. The Morgan fingerprint density at radius 1 is 1.00 bits per heavy atom. The Bertz CT molecular complexity index is 732. The van der Waals surface area contributed by atoms with Gasteiger partial charge >= 0.3 is 0 Å². The molecule has 0 bridgehead atoms. The van der Waals surface area contributed by atoms with Crippen LogP contribution in [0.1, 0.15) is 16.7 Å². The number of furan rings is 1. The van der Waals surface area contributed by atoms with Crippen molar-refractivity contribution < 1.29 is 4.42 Å². The Balaban J connectivity index is 2.56. The molecule has 84 valence electrons. The summed E-state index contributed by atoms with van der Waals surface area (Å²) in [6, 6.07) is 10.6. The largest absolute Gasteiger partial charge is 0.455 e. The van der Waals surface area contributed by atoms with Crippen molar-refractivity contribution in [2.24, 2.45) is 0 Å². The maximum Gasteiger partial charge on any atom is 0.142 e. The lowest BCUT2D eigenvalue weighted by molar-refractivity contribution is 0.668. The Hall–Kier alpha value is -2.02. The molecule has 2 aromatic carbocycles. The molecule has 1 nitrogen and oxygen atoms in total. The zero-order valence-electron chi connectivity index (χ0n) is 10.1. The standard InChI is InChI=1S/C16H14O/c1-4-12-7-11(3)9-14-13-8-10(2)5-6-15(13)17-16(12)14/h4-9H,1H2,2-3H3. The van der Waals surface area contributed by atoms with Crippen LogP contribution in [0.4, 0.5) is 0 Å². The van der Waals surface area contributed by atoms with Crippen molar-refractivity contribution in [2.75, 3.05) is 0 Å². The maximum absolute atomic E-state index is 5.91. The molecule has 0 saturated heterocycles. The highest BCUT2D eigenvalue weighted by Gasteiger charge is 2.10. The first-order valence-corrected chi connectivity index (χ1v) is 5.75. The van der Waals surface area contributed by atoms with Gasteiger partial charge in [0.05, 0.1) is 0 Å². The Labute approximate surface area is 100 Å². The number of rotatable bonds is 1. The molecule has 0 aliphatic carbocycles. The molecule has 3 aromatic rings. The fraction of sp³-hybridized carbons (Fsp3) is 0.125. The molecule has 0 aliphatic rings. The summed E-state index contributed by atoms with van der Waals surface area (Å²) in [6.07, 6.45) is 1.85. The lowest BCUT2D eigenvalue weighted by Crippen LogP contribution is -1.77. The first-order chi connectivity index (χ1) is 8.19. The van der Waals surface area contributed by atoms with Crippen LogP contribution in [0, 0.1) is 13.8 Å². The van der Waals surface area contributed by atoms with E-state index < -0.39 is 0 Å². The second-order valence-electron chi connectivity index (χ2n) is 4.54. The van der Waals surface area contributed by atoms with E-state index in [2.05, 4.69) is 44.7 Å². The second kappa shape index (κ2) is 3.49. The van der Waals surface area contributed by atoms with Gasteiger partial charge in [0.25, 0.3) is 0 Å². The van der Waals surface area contributed by atoms with E-state index in [4.69, 9.17) is 4.42 Å². The molecule has 0 spiro atoms. The number of benzene rings is 2. The predicted molar refractivity (Wildman–Crippen MR) is 73.3 cm³/mol. The SMILES string of the molecule is C=Cc1cc(C)cc2c1oc1ccc(C)cc12. The first-order valence-electron chi connectivity index (χ1n) is 5.75. The van der Waals surface area contributed by atoms with Gasteiger partial charge in [-0.15, -0.1) is 0 Å². The van der Waals surface area contributed by atoms with Crippen molar-refractivity contribution in [1.29, 1.82) is 0 Å². The summed E-state index contributed by atoms with van der Waals surface area (Å²) in [5.41, 5.74) is 5.43. The van der Waals surface area contributed by atoms with Crippen LogP contribution in [0.5, 0.6) is 0 Å². The molecule has 17 heavy (non-hydrogen) atoms. The van der Waals surface area contributed by atoms with Gasteiger partial charge in [-0.3, -0.25) is 0 Å². The van der Waals surface area contributed by atoms with Crippen LogP contribution in [0.25, 0.3) is 28.0 Å². The highest BCUT2D eigenvalue weighted by atomic mass is 16.3. The summed E-state index contributed by atoms with van der Waals surface area (Å²) in [5.74, 6) is 0. The van der Waals surface area contributed by atoms with Gasteiger partial charge in [-0.2, -0.15) is 0 Å². The normalized spacial score (nSPS) is 11.2. The molecule has 0 fully saturated rings. The molecular weight excluding hydrogens is 208 g/mol. The van der Waals surface area contributed by atoms with Crippen LogP contribution < -0.4 is 0 Å². The predicted octanol–water partition coefficient (Wildman–Crippen LogP) is 4.85. The van der Waals surface area contributed by atoms with Crippen molar-refractivity contribution in [3.05, 3.63) is 53.6 Å². The Morgan fingerprint density at radius 3 is 2.53 bits per heavy atom. The number of aryl methyl sites for hydroxylation is 2. The molecule has 0 N–H and O–H groups in total. The summed E-state index contributed by atoms with van der Waals surface area (Å²) in [7, 11) is 0. The third kappa shape index (κ3) is 1.47. The van der Waals surface area contributed by atoms with Crippen LogP contribution in [0.15, 0.2) is 41.3 Å². The fourth-order valence-electron chi connectivity index (χ4n) is 2.32. The van der Waals surface area contributed by atoms with Crippen molar-refractivity contribution in [2.45, 2.75) is 13.8 Å². The molecule has 3 rings (SSSR count). The van der Waals surface area contributed by atoms with Crippen molar-refractivity contribution >= 4 is 28.0 Å². The van der Waals surface area contributed by atoms with E-state index in [1.807, 2.05) is 12.1 Å². The van der Waals surface area contributed by atoms with Crippen LogP contribution in [0.2, 0.25) is 0 Å². The van der Waals surface area contributed by atoms with Gasteiger partial charge in [0.2, 0.25) is 0 Å². The van der Waals surface area contributed by atoms with E-state index in [-0.39, 0.29) is 0 Å². The summed E-state index contributed by atoms with van der Waals surface area (Å²) < 4.78 is 5.91. The summed E-state index contributed by atoms with van der Waals surface area (Å²) in [4.78, 5) is 0. The highest BCUT2D eigenvalue weighted by molar-refractivity contribution is 6.07. The van der Waals surface area contributed by atoms with Crippen LogP contribution in [-0.4, -0.2) is 0 Å². The monoisotopic (exact) mass is 222 g/mol. The van der Waals surface area contributed by atoms with Crippen molar-refractivity contribution in [3.8, 4) is 0 Å². The lowest BCUT2D eigenvalue weighted by atomic mass is 10.0. The fourth-order valence-corrected chi connectivity index (χ4v) is 2.32. The molecule has 0 aliphatic heterocycles. The topological polar surface area (TPSA) is 13.1 Å². The van der Waals surface area contributed by atoms with E-state index in [0.717, 1.165) is 16.7 Å². The quantitative estimate of drug-likeness (QED) is 0.574. The summed E-state index contributed by atoms with van der Waals surface area (Å²) >= 11 is 0. The van der Waals surface area contributed by atoms with Crippen LogP contribution >= 0.6 is 0 Å². The van der Waals surface area contributed by atoms with Crippen LogP contribution in [-0.2, 0) is 0 Å². The van der Waals surface area contributed by atoms with E-state index in [1.54, 1.807) is 0 Å². The third-order valence-electron chi connectivity index (χ3n) is 3.12. The smallest absolute Gasteiger partial charge is 0.142 e. The van der Waals surface area contributed by atoms with E-state index in [9.17, 15) is 0 Å². The minimum absolute atomic E-state index is 0.936. The second-order valence-corrected chi connectivity index (χ2v) is 4.54. The minimum atomic E-state index is 0.936. The summed E-state index contributed by atoms with van der Waals surface area (Å²) in [6.45, 7) is 8.05. The molecule has 0 unspecified atom stereocenters. The van der Waals surface area contributed by atoms with Crippen molar-refractivity contribution in [3.63, 3.8) is 0 Å². The summed E-state index contributed by atoms with van der Waals surface area (Å²) in [5, 5.41) is 2.37. The molecule has 0 amide bonds. The maximum atomic E-state index is 5.91. The highest BCUT2D eigenvalue weighted by Crippen LogP contribution is 2.32. The molecule has 0 saturated carbocycles. The minimum Gasteiger partial charge on any atom is -0.455 e. The lowest BCUT2D eigenvalue weighted by Gasteiger charge is -1.98. The van der Waals surface area contributed by atoms with E-state index >= 15 is 0 Å². The van der Waals surface area contributed by atoms with Gasteiger partial charge < -0.3 is 4.42 Å². The molecule has 1 aromatic heterocycles. The van der Waals surface area contributed by atoms with E-state index in [0.29, 0.717) is 0 Å². The molecule has 0 atom stereocenters. The molecule has 1 heteroatoms. The van der Waals surface area contributed by atoms with Gasteiger partial charge in [-0.05, 0) is 43.7 Å². The third-order valence-corrected chi connectivity index (χ3v) is 3.12. The van der Waals surface area contributed by atoms with Gasteiger partial charge in [0, 0.05) is 16.3 Å². The average Bonchev–Trinajstić information content (AvgIpc) is 2.66. The first kappa shape index (κ1) is 10.2. The number of fused-ring (bicyclic) bond motifs is 3. The average molecular weight is 222 g/mol. The number of hydrogen-bond donors (Lipinski definition) is 0. The van der Waals surface area contributed by atoms with Crippen LogP contribution in [0.3, 0.4) is 0 Å². The zero-order valence-corrected chi connectivity index (χ0v) is 10.1. The van der Waals surface area contributed by atoms with Gasteiger partial charge in [0.1, 0.15) is 11.2 Å². The van der Waals surface area contributed by atoms with Crippen molar-refractivity contribution in [1.82, 2.24) is 0 Å². The Morgan fingerprint density at radius 2 is 1.76 bits per heavy atom. The van der Waals surface area contributed by atoms with Gasteiger partial charge in [-0.1, -0.05) is 24.3 Å². The molecule has 0 radical (unpaired) electrons. The molecular formula is C16H14O.